The minimum Gasteiger partial charge on any atom is -0.351 e. The van der Waals surface area contributed by atoms with Crippen molar-refractivity contribution in [1.29, 1.82) is 0 Å². The molecule has 29 heavy (non-hydrogen) atoms. The van der Waals surface area contributed by atoms with Crippen LogP contribution in [0.4, 0.5) is 5.82 Å². The summed E-state index contributed by atoms with van der Waals surface area (Å²) in [7, 11) is 0. The van der Waals surface area contributed by atoms with E-state index in [1.165, 1.54) is 12.8 Å². The van der Waals surface area contributed by atoms with Gasteiger partial charge >= 0.3 is 0 Å². The molecule has 1 fully saturated rings. The number of rotatable bonds is 4. The Balaban J connectivity index is 1.52. The Kier molecular flexibility index (Phi) is 4.31. The number of anilines is 1. The quantitative estimate of drug-likeness (QED) is 0.510. The Labute approximate surface area is 171 Å². The Morgan fingerprint density at radius 3 is 2.69 bits per heavy atom. The summed E-state index contributed by atoms with van der Waals surface area (Å²) in [4.78, 5) is 12.0. The van der Waals surface area contributed by atoms with Gasteiger partial charge in [0, 0.05) is 47.7 Å². The van der Waals surface area contributed by atoms with Crippen LogP contribution in [0.2, 0.25) is 0 Å². The maximum Gasteiger partial charge on any atom is 0.157 e. The Hall–Kier alpha value is -3.21. The largest absolute Gasteiger partial charge is 0.351 e. The lowest BCUT2D eigenvalue weighted by atomic mass is 10.0. The van der Waals surface area contributed by atoms with Crippen molar-refractivity contribution in [3.05, 3.63) is 78.2 Å². The zero-order valence-electron chi connectivity index (χ0n) is 16.9. The molecule has 0 N–H and O–H groups in total. The molecule has 5 nitrogen and oxygen atoms in total. The summed E-state index contributed by atoms with van der Waals surface area (Å²) < 4.78 is 1.87. The van der Waals surface area contributed by atoms with E-state index in [2.05, 4.69) is 60.1 Å². The van der Waals surface area contributed by atoms with Crippen LogP contribution in [0.5, 0.6) is 0 Å². The first kappa shape index (κ1) is 17.9. The van der Waals surface area contributed by atoms with Crippen LogP contribution in [-0.2, 0) is 6.42 Å². The van der Waals surface area contributed by atoms with Gasteiger partial charge in [0.1, 0.15) is 5.82 Å². The molecule has 146 valence electrons. The molecule has 1 saturated heterocycles. The van der Waals surface area contributed by atoms with Crippen LogP contribution in [0, 0.1) is 0 Å². The highest BCUT2D eigenvalue weighted by Crippen LogP contribution is 2.32. The Morgan fingerprint density at radius 2 is 1.90 bits per heavy atom. The third-order valence-corrected chi connectivity index (χ3v) is 5.85. The Bertz CT molecular complexity index is 1150. The van der Waals surface area contributed by atoms with Crippen molar-refractivity contribution >= 4 is 11.5 Å². The van der Waals surface area contributed by atoms with E-state index in [4.69, 9.17) is 10.1 Å². The van der Waals surface area contributed by atoms with E-state index in [-0.39, 0.29) is 5.54 Å². The standard InChI is InChI=1S/C24H25N5/c1-24(2)12-7-14-28(24)22-11-6-10-20(26-22)16-19-17-21(18-8-4-3-5-9-18)27-29-15-13-25-23(19)29/h3-6,8-11,13,15,17H,7,12,14,16H2,1-2H3. The third-order valence-electron chi connectivity index (χ3n) is 5.85. The first-order chi connectivity index (χ1) is 14.1. The number of benzene rings is 1. The van der Waals surface area contributed by atoms with Gasteiger partial charge in [-0.2, -0.15) is 5.10 Å². The van der Waals surface area contributed by atoms with Crippen LogP contribution in [0.25, 0.3) is 16.9 Å². The summed E-state index contributed by atoms with van der Waals surface area (Å²) in [6, 6.07) is 18.8. The minimum absolute atomic E-state index is 0.166. The highest BCUT2D eigenvalue weighted by Gasteiger charge is 2.32. The molecule has 4 aromatic rings. The van der Waals surface area contributed by atoms with Gasteiger partial charge in [0.2, 0.25) is 0 Å². The van der Waals surface area contributed by atoms with Crippen molar-refractivity contribution in [3.8, 4) is 11.3 Å². The lowest BCUT2D eigenvalue weighted by molar-refractivity contribution is 0.514. The van der Waals surface area contributed by atoms with Crippen molar-refractivity contribution in [2.75, 3.05) is 11.4 Å². The van der Waals surface area contributed by atoms with Crippen LogP contribution in [0.15, 0.2) is 67.0 Å². The fourth-order valence-corrected chi connectivity index (χ4v) is 4.31. The van der Waals surface area contributed by atoms with Gasteiger partial charge in [0.25, 0.3) is 0 Å². The molecule has 0 aliphatic carbocycles. The van der Waals surface area contributed by atoms with Gasteiger partial charge in [-0.05, 0) is 44.9 Å². The number of hydrogen-bond acceptors (Lipinski definition) is 4. The zero-order valence-corrected chi connectivity index (χ0v) is 16.9. The highest BCUT2D eigenvalue weighted by molar-refractivity contribution is 5.63. The molecule has 0 bridgehead atoms. The minimum atomic E-state index is 0.166. The average Bonchev–Trinajstić information content (AvgIpc) is 3.34. The van der Waals surface area contributed by atoms with Crippen molar-refractivity contribution in [1.82, 2.24) is 19.6 Å². The predicted octanol–water partition coefficient (Wildman–Crippen LogP) is 4.76. The monoisotopic (exact) mass is 383 g/mol. The second kappa shape index (κ2) is 6.99. The molecular weight excluding hydrogens is 358 g/mol. The van der Waals surface area contributed by atoms with Crippen molar-refractivity contribution in [3.63, 3.8) is 0 Å². The molecule has 0 unspecified atom stereocenters. The molecule has 1 aromatic carbocycles. The zero-order chi connectivity index (χ0) is 19.8. The molecule has 0 amide bonds. The van der Waals surface area contributed by atoms with Gasteiger partial charge in [-0.25, -0.2) is 14.5 Å². The summed E-state index contributed by atoms with van der Waals surface area (Å²) in [6.07, 6.45) is 6.86. The van der Waals surface area contributed by atoms with E-state index < -0.39 is 0 Å². The Morgan fingerprint density at radius 1 is 1.03 bits per heavy atom. The molecule has 1 aliphatic heterocycles. The van der Waals surface area contributed by atoms with E-state index in [1.807, 2.05) is 28.9 Å². The molecule has 4 heterocycles. The summed E-state index contributed by atoms with van der Waals surface area (Å²) in [5.41, 5.74) is 5.29. The normalized spacial score (nSPS) is 15.9. The number of nitrogens with zero attached hydrogens (tertiary/aromatic N) is 5. The number of aromatic nitrogens is 4. The highest BCUT2D eigenvalue weighted by atomic mass is 15.3. The van der Waals surface area contributed by atoms with Gasteiger partial charge in [-0.15, -0.1) is 0 Å². The summed E-state index contributed by atoms with van der Waals surface area (Å²) in [6.45, 7) is 5.68. The van der Waals surface area contributed by atoms with E-state index in [0.29, 0.717) is 0 Å². The van der Waals surface area contributed by atoms with Gasteiger partial charge in [-0.1, -0.05) is 36.4 Å². The lowest BCUT2D eigenvalue weighted by Gasteiger charge is -2.32. The SMILES string of the molecule is CC1(C)CCCN1c1cccc(Cc2cc(-c3ccccc3)nn3ccnc23)n1. The second-order valence-corrected chi connectivity index (χ2v) is 8.35. The fourth-order valence-electron chi connectivity index (χ4n) is 4.31. The summed E-state index contributed by atoms with van der Waals surface area (Å²) >= 11 is 0. The molecule has 1 aliphatic rings. The number of pyridine rings is 1. The fraction of sp³-hybridized carbons (Fsp3) is 0.292. The average molecular weight is 383 g/mol. The first-order valence-corrected chi connectivity index (χ1v) is 10.2. The first-order valence-electron chi connectivity index (χ1n) is 10.2. The lowest BCUT2D eigenvalue weighted by Crippen LogP contribution is -2.38. The molecule has 5 heteroatoms. The summed E-state index contributed by atoms with van der Waals surface area (Å²) in [5.74, 6) is 1.07. The van der Waals surface area contributed by atoms with Gasteiger partial charge in [-0.3, -0.25) is 0 Å². The van der Waals surface area contributed by atoms with Crippen LogP contribution in [0.3, 0.4) is 0 Å². The number of hydrogen-bond donors (Lipinski definition) is 0. The smallest absolute Gasteiger partial charge is 0.157 e. The molecule has 0 spiro atoms. The molecule has 5 rings (SSSR count). The predicted molar refractivity (Wildman–Crippen MR) is 116 cm³/mol. The van der Waals surface area contributed by atoms with Crippen molar-refractivity contribution in [2.24, 2.45) is 0 Å². The molecule has 0 radical (unpaired) electrons. The van der Waals surface area contributed by atoms with Gasteiger partial charge in [0.05, 0.1) is 5.69 Å². The van der Waals surface area contributed by atoms with Crippen molar-refractivity contribution in [2.45, 2.75) is 38.6 Å². The molecule has 0 saturated carbocycles. The maximum absolute atomic E-state index is 5.01. The molecular formula is C24H25N5. The van der Waals surface area contributed by atoms with Crippen LogP contribution in [0.1, 0.15) is 37.9 Å². The van der Waals surface area contributed by atoms with Gasteiger partial charge < -0.3 is 4.90 Å². The topological polar surface area (TPSA) is 46.3 Å². The van der Waals surface area contributed by atoms with E-state index in [0.717, 1.165) is 46.9 Å². The van der Waals surface area contributed by atoms with Gasteiger partial charge in [0.15, 0.2) is 5.65 Å². The maximum atomic E-state index is 5.01. The van der Waals surface area contributed by atoms with Crippen LogP contribution < -0.4 is 4.90 Å². The number of imidazole rings is 1. The third kappa shape index (κ3) is 3.37. The van der Waals surface area contributed by atoms with Crippen molar-refractivity contribution < 1.29 is 0 Å². The van der Waals surface area contributed by atoms with E-state index >= 15 is 0 Å². The summed E-state index contributed by atoms with van der Waals surface area (Å²) in [5, 5.41) is 4.73. The second-order valence-electron chi connectivity index (χ2n) is 8.35. The van der Waals surface area contributed by atoms with Crippen LogP contribution >= 0.6 is 0 Å². The molecule has 3 aromatic heterocycles. The van der Waals surface area contributed by atoms with E-state index in [9.17, 15) is 0 Å². The van der Waals surface area contributed by atoms with E-state index in [1.54, 1.807) is 6.20 Å². The molecule has 0 atom stereocenters. The number of fused-ring (bicyclic) bond motifs is 1. The van der Waals surface area contributed by atoms with Crippen LogP contribution in [-0.4, -0.2) is 31.7 Å².